The van der Waals surface area contributed by atoms with Crippen molar-refractivity contribution in [2.45, 2.75) is 25.6 Å². The van der Waals surface area contributed by atoms with Crippen molar-refractivity contribution < 1.29 is 17.9 Å². The first-order valence-corrected chi connectivity index (χ1v) is 7.26. The maximum atomic E-state index is 11.3. The van der Waals surface area contributed by atoms with Gasteiger partial charge >= 0.3 is 16.3 Å². The molecule has 0 spiro atoms. The van der Waals surface area contributed by atoms with Crippen LogP contribution >= 0.6 is 15.9 Å². The standard InChI is InChI=1S/C8H17BrN2O4S/c1-4-15-8(12)11-16(13,14)10-5-7(9)6(2)3/h6-7,10H,4-5H2,1-3H3,(H,11,12). The van der Waals surface area contributed by atoms with Gasteiger partial charge in [-0.25, -0.2) is 9.52 Å². The fourth-order valence-corrected chi connectivity index (χ4v) is 1.86. The Hall–Kier alpha value is -0.340. The van der Waals surface area contributed by atoms with Gasteiger partial charge in [0.2, 0.25) is 0 Å². The van der Waals surface area contributed by atoms with E-state index in [0.29, 0.717) is 0 Å². The molecule has 0 aromatic rings. The molecule has 2 N–H and O–H groups in total. The quantitative estimate of drug-likeness (QED) is 0.716. The van der Waals surface area contributed by atoms with Crippen molar-refractivity contribution in [2.75, 3.05) is 13.2 Å². The summed E-state index contributed by atoms with van der Waals surface area (Å²) in [6.45, 7) is 5.81. The van der Waals surface area contributed by atoms with Crippen molar-refractivity contribution in [3.63, 3.8) is 0 Å². The second-order valence-electron chi connectivity index (χ2n) is 3.43. The predicted octanol–water partition coefficient (Wildman–Crippen LogP) is 0.986. The average Bonchev–Trinajstić information content (AvgIpc) is 2.13. The number of hydrogen-bond donors (Lipinski definition) is 2. The second-order valence-corrected chi connectivity index (χ2v) is 6.11. The summed E-state index contributed by atoms with van der Waals surface area (Å²) in [7, 11) is -3.84. The largest absolute Gasteiger partial charge is 0.449 e. The van der Waals surface area contributed by atoms with Crippen LogP contribution in [0.1, 0.15) is 20.8 Å². The number of ether oxygens (including phenoxy) is 1. The number of rotatable bonds is 6. The minimum atomic E-state index is -3.84. The molecule has 96 valence electrons. The Bertz CT molecular complexity index is 318. The van der Waals surface area contributed by atoms with Gasteiger partial charge in [-0.05, 0) is 12.8 Å². The van der Waals surface area contributed by atoms with Gasteiger partial charge in [-0.15, -0.1) is 0 Å². The van der Waals surface area contributed by atoms with Gasteiger partial charge in [-0.3, -0.25) is 0 Å². The first kappa shape index (κ1) is 15.7. The summed E-state index contributed by atoms with van der Waals surface area (Å²) in [5.74, 6) is 0.283. The summed E-state index contributed by atoms with van der Waals surface area (Å²) in [6, 6.07) is 0. The molecule has 0 aliphatic heterocycles. The van der Waals surface area contributed by atoms with Crippen LogP contribution in [0.4, 0.5) is 4.79 Å². The van der Waals surface area contributed by atoms with E-state index in [9.17, 15) is 13.2 Å². The van der Waals surface area contributed by atoms with Crippen LogP contribution in [-0.2, 0) is 14.9 Å². The van der Waals surface area contributed by atoms with Crippen LogP contribution < -0.4 is 9.44 Å². The number of alkyl halides is 1. The highest BCUT2D eigenvalue weighted by Gasteiger charge is 2.17. The molecule has 1 amide bonds. The van der Waals surface area contributed by atoms with E-state index in [1.807, 2.05) is 13.8 Å². The molecule has 0 aromatic heterocycles. The summed E-state index contributed by atoms with van der Waals surface area (Å²) < 4.78 is 31.0. The second kappa shape index (κ2) is 7.08. The Kier molecular flexibility index (Phi) is 6.93. The lowest BCUT2D eigenvalue weighted by molar-refractivity contribution is 0.158. The topological polar surface area (TPSA) is 84.5 Å². The smallest absolute Gasteiger partial charge is 0.421 e. The van der Waals surface area contributed by atoms with E-state index in [4.69, 9.17) is 0 Å². The van der Waals surface area contributed by atoms with E-state index in [2.05, 4.69) is 25.4 Å². The van der Waals surface area contributed by atoms with E-state index in [0.717, 1.165) is 0 Å². The van der Waals surface area contributed by atoms with Crippen molar-refractivity contribution >= 4 is 32.2 Å². The Morgan fingerprint density at radius 1 is 1.44 bits per heavy atom. The van der Waals surface area contributed by atoms with Crippen molar-refractivity contribution in [2.24, 2.45) is 5.92 Å². The molecular formula is C8H17BrN2O4S. The Morgan fingerprint density at radius 2 is 2.00 bits per heavy atom. The zero-order chi connectivity index (χ0) is 12.8. The summed E-state index contributed by atoms with van der Waals surface area (Å²) in [6.07, 6.45) is -0.981. The lowest BCUT2D eigenvalue weighted by Crippen LogP contribution is -2.43. The lowest BCUT2D eigenvalue weighted by Gasteiger charge is -2.14. The van der Waals surface area contributed by atoms with Crippen molar-refractivity contribution in [3.05, 3.63) is 0 Å². The van der Waals surface area contributed by atoms with Gasteiger partial charge in [-0.2, -0.15) is 13.1 Å². The summed E-state index contributed by atoms with van der Waals surface area (Å²) in [5.41, 5.74) is 0. The molecule has 0 aliphatic rings. The van der Waals surface area contributed by atoms with E-state index in [-0.39, 0.29) is 23.9 Å². The SMILES string of the molecule is CCOC(=O)NS(=O)(=O)NCC(Br)C(C)C. The van der Waals surface area contributed by atoms with Crippen LogP contribution in [0.15, 0.2) is 0 Å². The molecule has 0 bridgehead atoms. The Morgan fingerprint density at radius 3 is 2.44 bits per heavy atom. The number of carbonyl (C=O) groups is 1. The van der Waals surface area contributed by atoms with Crippen LogP contribution in [0.25, 0.3) is 0 Å². The molecule has 1 unspecified atom stereocenters. The number of amides is 1. The van der Waals surface area contributed by atoms with Crippen LogP contribution in [-0.4, -0.2) is 32.5 Å². The summed E-state index contributed by atoms with van der Waals surface area (Å²) in [4.78, 5) is 10.9. The first-order chi connectivity index (χ1) is 7.28. The normalized spacial score (nSPS) is 13.6. The van der Waals surface area contributed by atoms with Crippen LogP contribution in [0, 0.1) is 5.92 Å². The first-order valence-electron chi connectivity index (χ1n) is 4.86. The molecule has 0 fully saturated rings. The third-order valence-electron chi connectivity index (χ3n) is 1.68. The van der Waals surface area contributed by atoms with Crippen LogP contribution in [0.3, 0.4) is 0 Å². The average molecular weight is 317 g/mol. The van der Waals surface area contributed by atoms with Crippen molar-refractivity contribution in [1.29, 1.82) is 0 Å². The third-order valence-corrected chi connectivity index (χ3v) is 4.05. The maximum absolute atomic E-state index is 11.3. The van der Waals surface area contributed by atoms with Gasteiger partial charge in [0.1, 0.15) is 0 Å². The molecule has 0 saturated carbocycles. The molecule has 1 atom stereocenters. The predicted molar refractivity (Wildman–Crippen MR) is 64.6 cm³/mol. The zero-order valence-electron chi connectivity index (χ0n) is 9.49. The molecular weight excluding hydrogens is 300 g/mol. The maximum Gasteiger partial charge on any atom is 0.421 e. The highest BCUT2D eigenvalue weighted by atomic mass is 79.9. The van der Waals surface area contributed by atoms with E-state index >= 15 is 0 Å². The number of nitrogens with one attached hydrogen (secondary N) is 2. The lowest BCUT2D eigenvalue weighted by atomic mass is 10.1. The zero-order valence-corrected chi connectivity index (χ0v) is 11.9. The molecule has 16 heavy (non-hydrogen) atoms. The van der Waals surface area contributed by atoms with E-state index in [1.165, 1.54) is 0 Å². The number of halogens is 1. The minimum absolute atomic E-state index is 0.00581. The third kappa shape index (κ3) is 7.02. The van der Waals surface area contributed by atoms with Gasteiger partial charge < -0.3 is 4.74 Å². The molecule has 0 rings (SSSR count). The van der Waals surface area contributed by atoms with Gasteiger partial charge in [0.15, 0.2) is 0 Å². The van der Waals surface area contributed by atoms with Gasteiger partial charge in [0, 0.05) is 11.4 Å². The fourth-order valence-electron chi connectivity index (χ4n) is 0.731. The Balaban J connectivity index is 4.11. The minimum Gasteiger partial charge on any atom is -0.449 e. The molecule has 0 radical (unpaired) electrons. The summed E-state index contributed by atoms with van der Waals surface area (Å²) >= 11 is 3.32. The van der Waals surface area contributed by atoms with Crippen molar-refractivity contribution in [1.82, 2.24) is 9.44 Å². The van der Waals surface area contributed by atoms with E-state index < -0.39 is 16.3 Å². The van der Waals surface area contributed by atoms with Gasteiger partial charge in [0.05, 0.1) is 6.61 Å². The molecule has 6 nitrogen and oxygen atoms in total. The van der Waals surface area contributed by atoms with Crippen molar-refractivity contribution in [3.8, 4) is 0 Å². The van der Waals surface area contributed by atoms with Crippen LogP contribution in [0.5, 0.6) is 0 Å². The molecule has 0 saturated heterocycles. The fraction of sp³-hybridized carbons (Fsp3) is 0.875. The summed E-state index contributed by atoms with van der Waals surface area (Å²) in [5, 5.41) is 0. The number of carbonyl (C=O) groups excluding carboxylic acids is 1. The van der Waals surface area contributed by atoms with Crippen LogP contribution in [0.2, 0.25) is 0 Å². The van der Waals surface area contributed by atoms with E-state index in [1.54, 1.807) is 11.6 Å². The molecule has 0 aliphatic carbocycles. The molecule has 0 heterocycles. The van der Waals surface area contributed by atoms with Gasteiger partial charge in [0.25, 0.3) is 0 Å². The monoisotopic (exact) mass is 316 g/mol. The number of hydrogen-bond acceptors (Lipinski definition) is 4. The van der Waals surface area contributed by atoms with Gasteiger partial charge in [-0.1, -0.05) is 29.8 Å². The highest BCUT2D eigenvalue weighted by Crippen LogP contribution is 2.10. The molecule has 8 heteroatoms. The highest BCUT2D eigenvalue weighted by molar-refractivity contribution is 9.09. The Labute approximate surface area is 104 Å². The molecule has 0 aromatic carbocycles.